The van der Waals surface area contributed by atoms with Crippen molar-refractivity contribution in [3.63, 3.8) is 0 Å². The second-order valence-electron chi connectivity index (χ2n) is 3.85. The van der Waals surface area contributed by atoms with E-state index < -0.39 is 0 Å². The molecular formula is C11H15BrClN. The number of nitrogens with zero attached hydrogens (tertiary/aromatic N) is 1. The van der Waals surface area contributed by atoms with Gasteiger partial charge in [-0.15, -0.1) is 0 Å². The van der Waals surface area contributed by atoms with Gasteiger partial charge in [-0.2, -0.15) is 0 Å². The Morgan fingerprint density at radius 1 is 1.29 bits per heavy atom. The fraction of sp³-hybridized carbons (Fsp3) is 0.455. The highest BCUT2D eigenvalue weighted by Gasteiger charge is 2.40. The Kier molecular flexibility index (Phi) is 3.99. The molecule has 78 valence electrons. The van der Waals surface area contributed by atoms with Gasteiger partial charge in [0.2, 0.25) is 0 Å². The maximum Gasteiger partial charge on any atom is 0.129 e. The number of hydrogen-bond donors (Lipinski definition) is 0. The van der Waals surface area contributed by atoms with Crippen LogP contribution in [0.1, 0.15) is 12.5 Å². The summed E-state index contributed by atoms with van der Waals surface area (Å²) in [6.07, 6.45) is 0. The van der Waals surface area contributed by atoms with Crippen molar-refractivity contribution < 1.29 is 16.9 Å². The van der Waals surface area contributed by atoms with E-state index in [2.05, 4.69) is 47.1 Å². The number of benzene rings is 1. The third-order valence-electron chi connectivity index (χ3n) is 2.99. The fourth-order valence-corrected chi connectivity index (χ4v) is 2.13. The lowest BCUT2D eigenvalue weighted by Gasteiger charge is -2.16. The summed E-state index contributed by atoms with van der Waals surface area (Å²) in [7, 11) is 0. The van der Waals surface area contributed by atoms with Crippen molar-refractivity contribution in [1.29, 1.82) is 0 Å². The molecule has 0 aliphatic carbocycles. The zero-order valence-electron chi connectivity index (χ0n) is 8.34. The lowest BCUT2D eigenvalue weighted by Crippen LogP contribution is -3.00. The lowest BCUT2D eigenvalue weighted by molar-refractivity contribution is -0.811. The smallest absolute Gasteiger partial charge is 0.129 e. The van der Waals surface area contributed by atoms with Crippen LogP contribution in [-0.4, -0.2) is 24.1 Å². The summed E-state index contributed by atoms with van der Waals surface area (Å²) in [5, 5.41) is 0. The zero-order chi connectivity index (χ0) is 9.31. The van der Waals surface area contributed by atoms with Gasteiger partial charge in [0.25, 0.3) is 0 Å². The Bertz CT molecular complexity index is 310. The minimum Gasteiger partial charge on any atom is -1.00 e. The van der Waals surface area contributed by atoms with Crippen LogP contribution in [0.15, 0.2) is 28.7 Å². The highest BCUT2D eigenvalue weighted by molar-refractivity contribution is 9.10. The Morgan fingerprint density at radius 3 is 2.43 bits per heavy atom. The molecule has 3 heteroatoms. The van der Waals surface area contributed by atoms with Crippen LogP contribution in [0.5, 0.6) is 0 Å². The standard InChI is InChI=1S/C11H15BrN.ClH/c1-2-13(7-8-13)9-10-5-3-4-6-11(10)12;/h3-6H,2,7-9H2,1H3;1H/q+1;/p-1. The maximum absolute atomic E-state index is 3.60. The minimum atomic E-state index is 0. The third-order valence-corrected chi connectivity index (χ3v) is 3.76. The molecule has 1 fully saturated rings. The van der Waals surface area contributed by atoms with E-state index in [9.17, 15) is 0 Å². The van der Waals surface area contributed by atoms with E-state index in [0.717, 1.165) is 0 Å². The highest BCUT2D eigenvalue weighted by Crippen LogP contribution is 2.28. The van der Waals surface area contributed by atoms with E-state index in [1.807, 2.05) is 0 Å². The average Bonchev–Trinajstić information content (AvgIpc) is 2.90. The van der Waals surface area contributed by atoms with Crippen molar-refractivity contribution in [2.75, 3.05) is 19.6 Å². The minimum absolute atomic E-state index is 0. The van der Waals surface area contributed by atoms with Gasteiger partial charge in [0, 0.05) is 10.0 Å². The van der Waals surface area contributed by atoms with Crippen LogP contribution in [0.25, 0.3) is 0 Å². The van der Waals surface area contributed by atoms with E-state index in [-0.39, 0.29) is 12.4 Å². The Morgan fingerprint density at radius 2 is 1.93 bits per heavy atom. The Labute approximate surface area is 100 Å². The van der Waals surface area contributed by atoms with E-state index in [1.165, 1.54) is 40.7 Å². The molecule has 0 bridgehead atoms. The molecule has 1 aromatic carbocycles. The molecule has 1 nitrogen and oxygen atoms in total. The second-order valence-corrected chi connectivity index (χ2v) is 4.71. The Hall–Kier alpha value is -0.0500. The summed E-state index contributed by atoms with van der Waals surface area (Å²) in [6, 6.07) is 8.55. The molecule has 0 aromatic heterocycles. The first kappa shape index (κ1) is 12.0. The molecule has 1 aliphatic rings. The Balaban J connectivity index is 0.000000980. The van der Waals surface area contributed by atoms with Crippen molar-refractivity contribution in [2.24, 2.45) is 0 Å². The molecule has 1 aromatic rings. The van der Waals surface area contributed by atoms with Gasteiger partial charge in [-0.3, -0.25) is 0 Å². The van der Waals surface area contributed by atoms with Crippen LogP contribution < -0.4 is 12.4 Å². The van der Waals surface area contributed by atoms with Crippen molar-refractivity contribution in [1.82, 2.24) is 0 Å². The maximum atomic E-state index is 3.60. The predicted octanol–water partition coefficient (Wildman–Crippen LogP) is -0.197. The van der Waals surface area contributed by atoms with Gasteiger partial charge in [-0.25, -0.2) is 0 Å². The zero-order valence-corrected chi connectivity index (χ0v) is 10.7. The summed E-state index contributed by atoms with van der Waals surface area (Å²) in [4.78, 5) is 0. The first-order valence-electron chi connectivity index (χ1n) is 4.84. The normalized spacial score (nSPS) is 17.3. The second kappa shape index (κ2) is 4.65. The molecule has 0 radical (unpaired) electrons. The third kappa shape index (κ3) is 2.50. The predicted molar refractivity (Wildman–Crippen MR) is 58.4 cm³/mol. The molecule has 0 spiro atoms. The number of halogens is 2. The van der Waals surface area contributed by atoms with Crippen molar-refractivity contribution in [3.8, 4) is 0 Å². The number of likely N-dealkylation sites (N-methyl/N-ethyl adjacent to an activating group) is 1. The van der Waals surface area contributed by atoms with E-state index >= 15 is 0 Å². The lowest BCUT2D eigenvalue weighted by atomic mass is 10.2. The van der Waals surface area contributed by atoms with Crippen LogP contribution >= 0.6 is 15.9 Å². The number of rotatable bonds is 3. The molecule has 1 saturated heterocycles. The van der Waals surface area contributed by atoms with E-state index in [1.54, 1.807) is 0 Å². The molecule has 1 heterocycles. The monoisotopic (exact) mass is 275 g/mol. The van der Waals surface area contributed by atoms with Gasteiger partial charge >= 0.3 is 0 Å². The van der Waals surface area contributed by atoms with Gasteiger partial charge in [0.05, 0.1) is 6.54 Å². The van der Waals surface area contributed by atoms with Crippen molar-refractivity contribution in [3.05, 3.63) is 34.3 Å². The fourth-order valence-electron chi connectivity index (χ4n) is 1.72. The van der Waals surface area contributed by atoms with Gasteiger partial charge in [-0.1, -0.05) is 34.1 Å². The molecule has 0 amide bonds. The van der Waals surface area contributed by atoms with Gasteiger partial charge in [0.15, 0.2) is 0 Å². The molecule has 0 saturated carbocycles. The average molecular weight is 277 g/mol. The molecule has 0 atom stereocenters. The molecule has 1 aliphatic heterocycles. The van der Waals surface area contributed by atoms with Crippen LogP contribution in [0.4, 0.5) is 0 Å². The molecule has 2 rings (SSSR count). The van der Waals surface area contributed by atoms with Crippen LogP contribution in [0.3, 0.4) is 0 Å². The highest BCUT2D eigenvalue weighted by atomic mass is 79.9. The quantitative estimate of drug-likeness (QED) is 0.530. The topological polar surface area (TPSA) is 0 Å². The molecular weight excluding hydrogens is 261 g/mol. The van der Waals surface area contributed by atoms with Crippen molar-refractivity contribution >= 4 is 15.9 Å². The summed E-state index contributed by atoms with van der Waals surface area (Å²) >= 11 is 3.60. The first-order valence-corrected chi connectivity index (χ1v) is 5.63. The van der Waals surface area contributed by atoms with Gasteiger partial charge < -0.3 is 16.9 Å². The van der Waals surface area contributed by atoms with Crippen LogP contribution in [0, 0.1) is 0 Å². The van der Waals surface area contributed by atoms with Crippen molar-refractivity contribution in [2.45, 2.75) is 13.5 Å². The summed E-state index contributed by atoms with van der Waals surface area (Å²) in [5.74, 6) is 0. The van der Waals surface area contributed by atoms with E-state index in [0.29, 0.717) is 0 Å². The SMILES string of the molecule is CC[N+]1(Cc2ccccc2Br)CC1.[Cl-]. The van der Waals surface area contributed by atoms with Crippen LogP contribution in [0.2, 0.25) is 0 Å². The van der Waals surface area contributed by atoms with E-state index in [4.69, 9.17) is 0 Å². The largest absolute Gasteiger partial charge is 1.00 e. The summed E-state index contributed by atoms with van der Waals surface area (Å²) in [6.45, 7) is 7.46. The summed E-state index contributed by atoms with van der Waals surface area (Å²) < 4.78 is 2.54. The summed E-state index contributed by atoms with van der Waals surface area (Å²) in [5.41, 5.74) is 1.45. The molecule has 0 N–H and O–H groups in total. The number of hydrogen-bond acceptors (Lipinski definition) is 0. The first-order chi connectivity index (χ1) is 6.26. The van der Waals surface area contributed by atoms with Crippen LogP contribution in [-0.2, 0) is 6.54 Å². The van der Waals surface area contributed by atoms with Gasteiger partial charge in [0.1, 0.15) is 19.6 Å². The molecule has 0 unspecified atom stereocenters. The number of quaternary nitrogens is 1. The van der Waals surface area contributed by atoms with Gasteiger partial charge in [-0.05, 0) is 13.0 Å². The molecule has 14 heavy (non-hydrogen) atoms.